The average molecular weight is 247 g/mol. The average Bonchev–Trinajstić information content (AvgIpc) is 2.76. The van der Waals surface area contributed by atoms with E-state index in [2.05, 4.69) is 31.1 Å². The summed E-state index contributed by atoms with van der Waals surface area (Å²) in [6.07, 6.45) is 5.74. The standard InChI is InChI=1S/C15H25N3/c1-11(2)9-16-10-14-6-7-17-15(18-14)13-5-4-12(3)8-13/h6-7,11-13,16H,4-5,8-10H2,1-3H3. The molecule has 3 nitrogen and oxygen atoms in total. The molecule has 2 unspecified atom stereocenters. The van der Waals surface area contributed by atoms with Gasteiger partial charge in [-0.25, -0.2) is 9.97 Å². The molecule has 1 saturated carbocycles. The fraction of sp³-hybridized carbons (Fsp3) is 0.733. The summed E-state index contributed by atoms with van der Waals surface area (Å²) in [6.45, 7) is 8.67. The maximum Gasteiger partial charge on any atom is 0.131 e. The zero-order chi connectivity index (χ0) is 13.0. The molecule has 1 heterocycles. The van der Waals surface area contributed by atoms with Gasteiger partial charge < -0.3 is 5.32 Å². The van der Waals surface area contributed by atoms with Gasteiger partial charge in [0.1, 0.15) is 5.82 Å². The Labute approximate surface area is 110 Å². The SMILES string of the molecule is CC(C)CNCc1ccnc(C2CCC(C)C2)n1. The van der Waals surface area contributed by atoms with Crippen LogP contribution >= 0.6 is 0 Å². The van der Waals surface area contributed by atoms with Crippen LogP contribution in [0.4, 0.5) is 0 Å². The fourth-order valence-corrected chi connectivity index (χ4v) is 2.64. The molecule has 1 aromatic heterocycles. The maximum absolute atomic E-state index is 4.71. The van der Waals surface area contributed by atoms with Gasteiger partial charge in [-0.2, -0.15) is 0 Å². The van der Waals surface area contributed by atoms with E-state index in [1.807, 2.05) is 12.3 Å². The first-order valence-electron chi connectivity index (χ1n) is 7.17. The minimum Gasteiger partial charge on any atom is -0.311 e. The first-order valence-corrected chi connectivity index (χ1v) is 7.17. The van der Waals surface area contributed by atoms with Gasteiger partial charge in [-0.15, -0.1) is 0 Å². The van der Waals surface area contributed by atoms with E-state index in [1.54, 1.807) is 0 Å². The van der Waals surface area contributed by atoms with Crippen LogP contribution in [0.2, 0.25) is 0 Å². The number of hydrogen-bond donors (Lipinski definition) is 1. The highest BCUT2D eigenvalue weighted by Gasteiger charge is 2.24. The van der Waals surface area contributed by atoms with Gasteiger partial charge in [-0.05, 0) is 43.7 Å². The molecule has 1 aliphatic carbocycles. The summed E-state index contributed by atoms with van der Waals surface area (Å²) in [7, 11) is 0. The molecule has 2 rings (SSSR count). The number of hydrogen-bond acceptors (Lipinski definition) is 3. The monoisotopic (exact) mass is 247 g/mol. The molecule has 0 bridgehead atoms. The summed E-state index contributed by atoms with van der Waals surface area (Å²) >= 11 is 0. The van der Waals surface area contributed by atoms with E-state index in [9.17, 15) is 0 Å². The zero-order valence-corrected chi connectivity index (χ0v) is 11.8. The van der Waals surface area contributed by atoms with Gasteiger partial charge in [0, 0.05) is 18.7 Å². The van der Waals surface area contributed by atoms with E-state index in [4.69, 9.17) is 4.98 Å². The molecule has 18 heavy (non-hydrogen) atoms. The minimum absolute atomic E-state index is 0.588. The lowest BCUT2D eigenvalue weighted by Gasteiger charge is -2.11. The van der Waals surface area contributed by atoms with Crippen molar-refractivity contribution in [3.8, 4) is 0 Å². The van der Waals surface area contributed by atoms with Crippen LogP contribution in [0.1, 0.15) is 57.5 Å². The van der Waals surface area contributed by atoms with Crippen LogP contribution < -0.4 is 5.32 Å². The van der Waals surface area contributed by atoms with Crippen LogP contribution in [-0.2, 0) is 6.54 Å². The molecular weight excluding hydrogens is 222 g/mol. The molecule has 100 valence electrons. The molecule has 0 aromatic carbocycles. The Morgan fingerprint density at radius 1 is 1.39 bits per heavy atom. The lowest BCUT2D eigenvalue weighted by Crippen LogP contribution is -2.20. The number of nitrogens with zero attached hydrogens (tertiary/aromatic N) is 2. The third-order valence-electron chi connectivity index (χ3n) is 3.65. The van der Waals surface area contributed by atoms with Crippen molar-refractivity contribution in [3.05, 3.63) is 23.8 Å². The highest BCUT2D eigenvalue weighted by atomic mass is 14.9. The molecule has 1 fully saturated rings. The van der Waals surface area contributed by atoms with Gasteiger partial charge in [0.05, 0.1) is 5.69 Å². The Hall–Kier alpha value is -0.960. The van der Waals surface area contributed by atoms with Crippen LogP contribution in [-0.4, -0.2) is 16.5 Å². The predicted molar refractivity (Wildman–Crippen MR) is 74.3 cm³/mol. The van der Waals surface area contributed by atoms with Crippen molar-refractivity contribution in [2.24, 2.45) is 11.8 Å². The Morgan fingerprint density at radius 2 is 2.22 bits per heavy atom. The van der Waals surface area contributed by atoms with Crippen molar-refractivity contribution in [2.75, 3.05) is 6.54 Å². The third kappa shape index (κ3) is 3.77. The highest BCUT2D eigenvalue weighted by Crippen LogP contribution is 2.36. The lowest BCUT2D eigenvalue weighted by molar-refractivity contribution is 0.543. The van der Waals surface area contributed by atoms with Crippen LogP contribution in [0.5, 0.6) is 0 Å². The van der Waals surface area contributed by atoms with Crippen LogP contribution in [0.15, 0.2) is 12.3 Å². The van der Waals surface area contributed by atoms with Crippen LogP contribution in [0, 0.1) is 11.8 Å². The maximum atomic E-state index is 4.71. The molecule has 1 aromatic rings. The van der Waals surface area contributed by atoms with E-state index in [1.165, 1.54) is 19.3 Å². The van der Waals surface area contributed by atoms with Crippen molar-refractivity contribution >= 4 is 0 Å². The van der Waals surface area contributed by atoms with Gasteiger partial charge in [0.25, 0.3) is 0 Å². The summed E-state index contributed by atoms with van der Waals surface area (Å²) in [4.78, 5) is 9.17. The van der Waals surface area contributed by atoms with E-state index < -0.39 is 0 Å². The van der Waals surface area contributed by atoms with Gasteiger partial charge >= 0.3 is 0 Å². The predicted octanol–water partition coefficient (Wildman–Crippen LogP) is 3.13. The molecule has 1 N–H and O–H groups in total. The molecule has 0 amide bonds. The van der Waals surface area contributed by atoms with Gasteiger partial charge in [-0.3, -0.25) is 0 Å². The molecule has 1 aliphatic rings. The lowest BCUT2D eigenvalue weighted by atomic mass is 10.1. The molecule has 3 heteroatoms. The second-order valence-corrected chi connectivity index (χ2v) is 6.05. The van der Waals surface area contributed by atoms with E-state index in [0.717, 1.165) is 30.5 Å². The normalized spacial score (nSPS) is 23.8. The van der Waals surface area contributed by atoms with Crippen molar-refractivity contribution in [1.82, 2.24) is 15.3 Å². The topological polar surface area (TPSA) is 37.8 Å². The Bertz CT molecular complexity index is 376. The summed E-state index contributed by atoms with van der Waals surface area (Å²) in [5.74, 6) is 3.16. The molecule has 2 atom stereocenters. The molecule has 0 aliphatic heterocycles. The molecule has 0 spiro atoms. The van der Waals surface area contributed by atoms with E-state index in [-0.39, 0.29) is 0 Å². The minimum atomic E-state index is 0.588. The van der Waals surface area contributed by atoms with E-state index in [0.29, 0.717) is 11.8 Å². The Balaban J connectivity index is 1.92. The van der Waals surface area contributed by atoms with Crippen LogP contribution in [0.3, 0.4) is 0 Å². The van der Waals surface area contributed by atoms with Crippen LogP contribution in [0.25, 0.3) is 0 Å². The molecule has 0 saturated heterocycles. The number of rotatable bonds is 5. The summed E-state index contributed by atoms with van der Waals surface area (Å²) in [5.41, 5.74) is 1.13. The van der Waals surface area contributed by atoms with Gasteiger partial charge in [0.15, 0.2) is 0 Å². The van der Waals surface area contributed by atoms with E-state index >= 15 is 0 Å². The third-order valence-corrected chi connectivity index (χ3v) is 3.65. The number of nitrogens with one attached hydrogen (secondary N) is 1. The quantitative estimate of drug-likeness (QED) is 0.868. The molecule has 0 radical (unpaired) electrons. The van der Waals surface area contributed by atoms with Crippen molar-refractivity contribution in [3.63, 3.8) is 0 Å². The summed E-state index contributed by atoms with van der Waals surface area (Å²) in [6, 6.07) is 2.02. The summed E-state index contributed by atoms with van der Waals surface area (Å²) < 4.78 is 0. The first-order chi connectivity index (χ1) is 8.65. The second-order valence-electron chi connectivity index (χ2n) is 6.05. The highest BCUT2D eigenvalue weighted by molar-refractivity contribution is 5.07. The van der Waals surface area contributed by atoms with Crippen molar-refractivity contribution in [2.45, 2.75) is 52.5 Å². The van der Waals surface area contributed by atoms with Gasteiger partial charge in [-0.1, -0.05) is 20.8 Å². The second kappa shape index (κ2) is 6.28. The smallest absolute Gasteiger partial charge is 0.131 e. The van der Waals surface area contributed by atoms with Crippen molar-refractivity contribution in [1.29, 1.82) is 0 Å². The Morgan fingerprint density at radius 3 is 2.89 bits per heavy atom. The molecular formula is C15H25N3. The van der Waals surface area contributed by atoms with Gasteiger partial charge in [0.2, 0.25) is 0 Å². The Kier molecular flexibility index (Phi) is 4.70. The number of aromatic nitrogens is 2. The largest absolute Gasteiger partial charge is 0.311 e. The zero-order valence-electron chi connectivity index (χ0n) is 11.8. The fourth-order valence-electron chi connectivity index (χ4n) is 2.64. The summed E-state index contributed by atoms with van der Waals surface area (Å²) in [5, 5.41) is 3.44. The first kappa shape index (κ1) is 13.5. The van der Waals surface area contributed by atoms with Crippen molar-refractivity contribution < 1.29 is 0 Å².